The van der Waals surface area contributed by atoms with E-state index in [9.17, 15) is 13.2 Å². The first-order valence-corrected chi connectivity index (χ1v) is 6.20. The van der Waals surface area contributed by atoms with Crippen LogP contribution in [0.15, 0.2) is 0 Å². The largest absolute Gasteiger partial charge is 0.480 e. The smallest absolute Gasteiger partial charge is 0.323 e. The Bertz CT molecular complexity index is 294. The van der Waals surface area contributed by atoms with Crippen molar-refractivity contribution in [3.63, 3.8) is 0 Å². The fourth-order valence-corrected chi connectivity index (χ4v) is 2.55. The molecule has 0 aromatic carbocycles. The van der Waals surface area contributed by atoms with E-state index in [4.69, 9.17) is 10.2 Å². The van der Waals surface area contributed by atoms with Crippen LogP contribution in [0.2, 0.25) is 0 Å². The molecule has 1 atom stereocenters. The van der Waals surface area contributed by atoms with Crippen LogP contribution in [0, 0.1) is 0 Å². The zero-order chi connectivity index (χ0) is 12.1. The summed E-state index contributed by atoms with van der Waals surface area (Å²) in [5, 5.41) is 15.9. The van der Waals surface area contributed by atoms with Crippen molar-refractivity contribution in [3.05, 3.63) is 0 Å². The van der Waals surface area contributed by atoms with E-state index in [0.717, 1.165) is 11.2 Å². The lowest BCUT2D eigenvalue weighted by molar-refractivity contribution is -0.136. The fraction of sp³-hybridized carbons (Fsp3) is 0.875. The molecule has 0 aromatic heterocycles. The normalized spacial score (nSPS) is 14.1. The molecule has 6 nitrogen and oxygen atoms in total. The second-order valence-electron chi connectivity index (χ2n) is 3.15. The summed E-state index contributed by atoms with van der Waals surface area (Å²) in [5.74, 6) is -1.38. The van der Waals surface area contributed by atoms with E-state index in [-0.39, 0.29) is 19.7 Å². The number of sulfonamides is 1. The molecule has 2 N–H and O–H groups in total. The average molecular weight is 239 g/mol. The highest BCUT2D eigenvalue weighted by atomic mass is 32.2. The van der Waals surface area contributed by atoms with Gasteiger partial charge in [-0.25, -0.2) is 8.42 Å². The van der Waals surface area contributed by atoms with Gasteiger partial charge in [0.05, 0.1) is 6.61 Å². The quantitative estimate of drug-likeness (QED) is 0.624. The molecule has 7 heteroatoms. The predicted molar refractivity (Wildman–Crippen MR) is 55.0 cm³/mol. The van der Waals surface area contributed by atoms with Crippen molar-refractivity contribution in [1.82, 2.24) is 4.31 Å². The summed E-state index contributed by atoms with van der Waals surface area (Å²) < 4.78 is 24.4. The molecule has 0 saturated heterocycles. The first kappa shape index (κ1) is 14.3. The molecular weight excluding hydrogens is 222 g/mol. The Morgan fingerprint density at radius 3 is 2.27 bits per heavy atom. The summed E-state index contributed by atoms with van der Waals surface area (Å²) in [6.07, 6.45) is 0.575. The number of carboxylic acid groups (broad SMARTS) is 1. The first-order valence-electron chi connectivity index (χ1n) is 4.70. The van der Waals surface area contributed by atoms with Gasteiger partial charge in [0.1, 0.15) is 0 Å². The van der Waals surface area contributed by atoms with Gasteiger partial charge in [0.2, 0.25) is 10.0 Å². The number of aliphatic hydroxyl groups excluding tert-OH is 1. The molecule has 0 fully saturated rings. The number of aliphatic hydroxyl groups is 1. The molecule has 0 spiro atoms. The van der Waals surface area contributed by atoms with Gasteiger partial charge in [-0.15, -0.1) is 0 Å². The highest BCUT2D eigenvalue weighted by molar-refractivity contribution is 7.90. The molecule has 15 heavy (non-hydrogen) atoms. The van der Waals surface area contributed by atoms with Crippen LogP contribution in [0.4, 0.5) is 0 Å². The van der Waals surface area contributed by atoms with Gasteiger partial charge in [0.25, 0.3) is 0 Å². The van der Waals surface area contributed by atoms with Crippen molar-refractivity contribution in [1.29, 1.82) is 0 Å². The zero-order valence-electron chi connectivity index (χ0n) is 8.88. The van der Waals surface area contributed by atoms with Crippen LogP contribution in [0.1, 0.15) is 20.3 Å². The van der Waals surface area contributed by atoms with E-state index in [2.05, 4.69) is 0 Å². The lowest BCUT2D eigenvalue weighted by Gasteiger charge is -2.22. The Labute approximate surface area is 89.6 Å². The van der Waals surface area contributed by atoms with Crippen LogP contribution in [0.5, 0.6) is 0 Å². The summed E-state index contributed by atoms with van der Waals surface area (Å²) in [6, 6.07) is 0. The van der Waals surface area contributed by atoms with Gasteiger partial charge in [0.15, 0.2) is 5.25 Å². The van der Waals surface area contributed by atoms with Crippen molar-refractivity contribution >= 4 is 16.0 Å². The minimum atomic E-state index is -3.85. The number of nitrogens with zero attached hydrogens (tertiary/aromatic N) is 1. The Kier molecular flexibility index (Phi) is 5.77. The number of aliphatic carboxylic acids is 1. The van der Waals surface area contributed by atoms with Gasteiger partial charge in [0, 0.05) is 13.1 Å². The van der Waals surface area contributed by atoms with Crippen LogP contribution in [-0.2, 0) is 14.8 Å². The summed E-state index contributed by atoms with van der Waals surface area (Å²) in [4.78, 5) is 10.6. The zero-order valence-corrected chi connectivity index (χ0v) is 9.70. The van der Waals surface area contributed by atoms with Gasteiger partial charge < -0.3 is 10.2 Å². The summed E-state index contributed by atoms with van der Waals surface area (Å²) >= 11 is 0. The lowest BCUT2D eigenvalue weighted by atomic mass is 10.5. The molecular formula is C8H17NO5S. The van der Waals surface area contributed by atoms with E-state index in [1.165, 1.54) is 0 Å². The molecule has 0 radical (unpaired) electrons. The van der Waals surface area contributed by atoms with Crippen molar-refractivity contribution in [2.45, 2.75) is 25.5 Å². The molecule has 0 saturated carbocycles. The highest BCUT2D eigenvalue weighted by Gasteiger charge is 2.32. The topological polar surface area (TPSA) is 94.9 Å². The van der Waals surface area contributed by atoms with Crippen molar-refractivity contribution in [3.8, 4) is 0 Å². The van der Waals surface area contributed by atoms with Crippen molar-refractivity contribution in [2.24, 2.45) is 0 Å². The Morgan fingerprint density at radius 2 is 1.93 bits per heavy atom. The monoisotopic (exact) mass is 239 g/mol. The molecule has 0 aromatic rings. The van der Waals surface area contributed by atoms with E-state index < -0.39 is 21.2 Å². The van der Waals surface area contributed by atoms with Gasteiger partial charge in [-0.3, -0.25) is 4.79 Å². The standard InChI is InChI=1S/C8H17NO5S/c1-3-4-9(5-6-10)15(13,14)7(2)8(11)12/h7,10H,3-6H2,1-2H3,(H,11,12). The van der Waals surface area contributed by atoms with E-state index in [1.54, 1.807) is 6.92 Å². The SMILES string of the molecule is CCCN(CCO)S(=O)(=O)C(C)C(=O)O. The molecule has 0 bridgehead atoms. The third-order valence-corrected chi connectivity index (χ3v) is 4.16. The Morgan fingerprint density at radius 1 is 1.40 bits per heavy atom. The number of hydrogen-bond acceptors (Lipinski definition) is 4. The second-order valence-corrected chi connectivity index (χ2v) is 5.40. The summed E-state index contributed by atoms with van der Waals surface area (Å²) in [7, 11) is -3.85. The van der Waals surface area contributed by atoms with Crippen molar-refractivity contribution < 1.29 is 23.4 Å². The number of rotatable bonds is 7. The maximum absolute atomic E-state index is 11.7. The van der Waals surface area contributed by atoms with Crippen LogP contribution in [0.25, 0.3) is 0 Å². The third kappa shape index (κ3) is 3.77. The summed E-state index contributed by atoms with van der Waals surface area (Å²) in [5.41, 5.74) is 0. The van der Waals surface area contributed by atoms with Crippen LogP contribution < -0.4 is 0 Å². The van der Waals surface area contributed by atoms with Crippen molar-refractivity contribution in [2.75, 3.05) is 19.7 Å². The second kappa shape index (κ2) is 6.04. The molecule has 90 valence electrons. The van der Waals surface area contributed by atoms with Gasteiger partial charge in [-0.1, -0.05) is 6.92 Å². The van der Waals surface area contributed by atoms with Gasteiger partial charge in [-0.05, 0) is 13.3 Å². The number of carbonyl (C=O) groups is 1. The molecule has 0 aliphatic rings. The molecule has 1 unspecified atom stereocenters. The lowest BCUT2D eigenvalue weighted by Crippen LogP contribution is -2.42. The predicted octanol–water partition coefficient (Wildman–Crippen LogP) is -0.506. The van der Waals surface area contributed by atoms with Crippen LogP contribution in [0.3, 0.4) is 0 Å². The molecule has 0 amide bonds. The Balaban J connectivity index is 4.85. The third-order valence-electron chi connectivity index (χ3n) is 1.98. The van der Waals surface area contributed by atoms with Crippen LogP contribution in [-0.4, -0.2) is 53.9 Å². The van der Waals surface area contributed by atoms with Crippen LogP contribution >= 0.6 is 0 Å². The van der Waals surface area contributed by atoms with Gasteiger partial charge >= 0.3 is 5.97 Å². The van der Waals surface area contributed by atoms with E-state index >= 15 is 0 Å². The minimum absolute atomic E-state index is 0.0617. The molecule has 0 aliphatic heterocycles. The number of hydrogen-bond donors (Lipinski definition) is 2. The fourth-order valence-electron chi connectivity index (χ4n) is 1.08. The summed E-state index contributed by atoms with van der Waals surface area (Å²) in [6.45, 7) is 2.75. The maximum atomic E-state index is 11.7. The average Bonchev–Trinajstić information content (AvgIpc) is 2.16. The first-order chi connectivity index (χ1) is 6.87. The molecule has 0 aliphatic carbocycles. The Hall–Kier alpha value is -0.660. The number of carboxylic acids is 1. The molecule has 0 heterocycles. The van der Waals surface area contributed by atoms with E-state index in [0.29, 0.717) is 6.42 Å². The van der Waals surface area contributed by atoms with Gasteiger partial charge in [-0.2, -0.15) is 4.31 Å². The minimum Gasteiger partial charge on any atom is -0.480 e. The van der Waals surface area contributed by atoms with E-state index in [1.807, 2.05) is 0 Å². The maximum Gasteiger partial charge on any atom is 0.323 e. The molecule has 0 rings (SSSR count). The highest BCUT2D eigenvalue weighted by Crippen LogP contribution is 2.09.